The average molecular weight is 338 g/mol. The summed E-state index contributed by atoms with van der Waals surface area (Å²) in [7, 11) is 2.16. The number of benzene rings is 1. The van der Waals surface area contributed by atoms with E-state index in [1.54, 1.807) is 6.20 Å². The Morgan fingerprint density at radius 3 is 2.68 bits per heavy atom. The van der Waals surface area contributed by atoms with Crippen LogP contribution in [0.1, 0.15) is 17.5 Å². The molecule has 0 bridgehead atoms. The molecule has 3 rings (SSSR count). The molecule has 1 aromatic carbocycles. The van der Waals surface area contributed by atoms with Crippen molar-refractivity contribution in [1.29, 1.82) is 0 Å². The fourth-order valence-electron chi connectivity index (χ4n) is 3.16. The highest BCUT2D eigenvalue weighted by molar-refractivity contribution is 5.91. The van der Waals surface area contributed by atoms with E-state index in [0.717, 1.165) is 37.4 Å². The monoisotopic (exact) mass is 338 g/mol. The SMILES string of the molecule is Cc1cc(NC(=O)CCc2cccnc2)ccc1N1CCN(C)CC1. The highest BCUT2D eigenvalue weighted by atomic mass is 16.1. The average Bonchev–Trinajstić information content (AvgIpc) is 2.62. The summed E-state index contributed by atoms with van der Waals surface area (Å²) in [5.74, 6) is 0.0376. The van der Waals surface area contributed by atoms with Gasteiger partial charge in [-0.25, -0.2) is 0 Å². The molecule has 1 aliphatic rings. The minimum atomic E-state index is 0.0376. The number of carbonyl (C=O) groups excluding carboxylic acids is 1. The zero-order valence-corrected chi connectivity index (χ0v) is 15.0. The lowest BCUT2D eigenvalue weighted by atomic mass is 10.1. The molecule has 132 valence electrons. The van der Waals surface area contributed by atoms with Crippen molar-refractivity contribution in [2.75, 3.05) is 43.4 Å². The Labute approximate surface area is 149 Å². The second-order valence-electron chi connectivity index (χ2n) is 6.70. The van der Waals surface area contributed by atoms with Gasteiger partial charge >= 0.3 is 0 Å². The molecule has 1 N–H and O–H groups in total. The van der Waals surface area contributed by atoms with Gasteiger partial charge in [0, 0.05) is 56.4 Å². The zero-order chi connectivity index (χ0) is 17.6. The molecule has 5 nitrogen and oxygen atoms in total. The molecule has 0 saturated carbocycles. The Kier molecular flexibility index (Phi) is 5.66. The topological polar surface area (TPSA) is 48.5 Å². The molecular formula is C20H26N4O. The number of nitrogens with zero attached hydrogens (tertiary/aromatic N) is 3. The number of amides is 1. The fraction of sp³-hybridized carbons (Fsp3) is 0.400. The standard InChI is InChI=1S/C20H26N4O/c1-16-14-18(6-7-19(16)24-12-10-23(2)11-13-24)22-20(25)8-5-17-4-3-9-21-15-17/h3-4,6-7,9,14-15H,5,8,10-13H2,1-2H3,(H,22,25). The van der Waals surface area contributed by atoms with Gasteiger partial charge in [0.05, 0.1) is 0 Å². The first-order valence-corrected chi connectivity index (χ1v) is 8.85. The van der Waals surface area contributed by atoms with Crippen molar-refractivity contribution >= 4 is 17.3 Å². The highest BCUT2D eigenvalue weighted by Crippen LogP contribution is 2.24. The van der Waals surface area contributed by atoms with E-state index in [2.05, 4.69) is 46.2 Å². The number of aryl methyl sites for hydroxylation is 2. The summed E-state index contributed by atoms with van der Waals surface area (Å²) < 4.78 is 0. The van der Waals surface area contributed by atoms with Crippen molar-refractivity contribution in [3.8, 4) is 0 Å². The second-order valence-corrected chi connectivity index (χ2v) is 6.70. The lowest BCUT2D eigenvalue weighted by Crippen LogP contribution is -2.44. The van der Waals surface area contributed by atoms with Crippen LogP contribution in [0.4, 0.5) is 11.4 Å². The molecule has 25 heavy (non-hydrogen) atoms. The molecule has 1 aromatic heterocycles. The van der Waals surface area contributed by atoms with E-state index in [9.17, 15) is 4.79 Å². The zero-order valence-electron chi connectivity index (χ0n) is 15.0. The van der Waals surface area contributed by atoms with Crippen LogP contribution in [0.25, 0.3) is 0 Å². The van der Waals surface area contributed by atoms with Gasteiger partial charge in [0.25, 0.3) is 0 Å². The fourth-order valence-corrected chi connectivity index (χ4v) is 3.16. The summed E-state index contributed by atoms with van der Waals surface area (Å²) in [6, 6.07) is 10.1. The predicted molar refractivity (Wildman–Crippen MR) is 102 cm³/mol. The Morgan fingerprint density at radius 1 is 1.20 bits per heavy atom. The highest BCUT2D eigenvalue weighted by Gasteiger charge is 2.16. The molecular weight excluding hydrogens is 312 g/mol. The van der Waals surface area contributed by atoms with Crippen LogP contribution in [0.5, 0.6) is 0 Å². The van der Waals surface area contributed by atoms with Crippen LogP contribution < -0.4 is 10.2 Å². The number of aromatic nitrogens is 1. The largest absolute Gasteiger partial charge is 0.369 e. The van der Waals surface area contributed by atoms with E-state index in [4.69, 9.17) is 0 Å². The number of anilines is 2. The molecule has 2 heterocycles. The lowest BCUT2D eigenvalue weighted by Gasteiger charge is -2.35. The van der Waals surface area contributed by atoms with Gasteiger partial charge in [0.15, 0.2) is 0 Å². The van der Waals surface area contributed by atoms with Crippen molar-refractivity contribution in [1.82, 2.24) is 9.88 Å². The Morgan fingerprint density at radius 2 is 2.00 bits per heavy atom. The first-order valence-electron chi connectivity index (χ1n) is 8.85. The maximum absolute atomic E-state index is 12.2. The number of pyridine rings is 1. The summed E-state index contributed by atoms with van der Waals surface area (Å²) in [6.07, 6.45) is 4.72. The first kappa shape index (κ1) is 17.4. The number of piperazine rings is 1. The van der Waals surface area contributed by atoms with Crippen molar-refractivity contribution < 1.29 is 4.79 Å². The quantitative estimate of drug-likeness (QED) is 0.911. The number of rotatable bonds is 5. The Balaban J connectivity index is 1.56. The van der Waals surface area contributed by atoms with Crippen LogP contribution in [0.3, 0.4) is 0 Å². The molecule has 1 fully saturated rings. The maximum atomic E-state index is 12.2. The van der Waals surface area contributed by atoms with Gasteiger partial charge < -0.3 is 15.1 Å². The van der Waals surface area contributed by atoms with Gasteiger partial charge in [-0.15, -0.1) is 0 Å². The van der Waals surface area contributed by atoms with Gasteiger partial charge in [-0.1, -0.05) is 6.07 Å². The normalized spacial score (nSPS) is 15.2. The number of likely N-dealkylation sites (N-methyl/N-ethyl adjacent to an activating group) is 1. The molecule has 1 aliphatic heterocycles. The van der Waals surface area contributed by atoms with Crippen LogP contribution in [-0.2, 0) is 11.2 Å². The molecule has 0 unspecified atom stereocenters. The van der Waals surface area contributed by atoms with Gasteiger partial charge in [-0.05, 0) is 55.8 Å². The van der Waals surface area contributed by atoms with E-state index < -0.39 is 0 Å². The number of nitrogens with one attached hydrogen (secondary N) is 1. The van der Waals surface area contributed by atoms with Crippen LogP contribution in [0.15, 0.2) is 42.7 Å². The number of hydrogen-bond acceptors (Lipinski definition) is 4. The summed E-state index contributed by atoms with van der Waals surface area (Å²) in [6.45, 7) is 6.39. The van der Waals surface area contributed by atoms with E-state index in [-0.39, 0.29) is 5.91 Å². The molecule has 0 radical (unpaired) electrons. The third-order valence-corrected chi connectivity index (χ3v) is 4.69. The molecule has 2 aromatic rings. The van der Waals surface area contributed by atoms with Crippen LogP contribution in [0.2, 0.25) is 0 Å². The third kappa shape index (κ3) is 4.79. The van der Waals surface area contributed by atoms with Crippen LogP contribution in [-0.4, -0.2) is 49.0 Å². The first-order chi connectivity index (χ1) is 12.1. The van der Waals surface area contributed by atoms with E-state index in [1.807, 2.05) is 24.4 Å². The summed E-state index contributed by atoms with van der Waals surface area (Å²) in [5, 5.41) is 3.00. The summed E-state index contributed by atoms with van der Waals surface area (Å²) in [5.41, 5.74) is 4.42. The molecule has 1 amide bonds. The molecule has 0 aliphatic carbocycles. The van der Waals surface area contributed by atoms with Gasteiger partial charge in [0.2, 0.25) is 5.91 Å². The minimum absolute atomic E-state index is 0.0376. The second kappa shape index (κ2) is 8.12. The maximum Gasteiger partial charge on any atom is 0.224 e. The number of carbonyl (C=O) groups is 1. The van der Waals surface area contributed by atoms with Gasteiger partial charge in [-0.2, -0.15) is 0 Å². The van der Waals surface area contributed by atoms with Gasteiger partial charge in [0.1, 0.15) is 0 Å². The van der Waals surface area contributed by atoms with Crippen LogP contribution >= 0.6 is 0 Å². The van der Waals surface area contributed by atoms with Crippen molar-refractivity contribution in [3.63, 3.8) is 0 Å². The van der Waals surface area contributed by atoms with Gasteiger partial charge in [-0.3, -0.25) is 9.78 Å². The van der Waals surface area contributed by atoms with E-state index in [1.165, 1.54) is 11.3 Å². The lowest BCUT2D eigenvalue weighted by molar-refractivity contribution is -0.116. The van der Waals surface area contributed by atoms with Crippen molar-refractivity contribution in [2.24, 2.45) is 0 Å². The number of hydrogen-bond donors (Lipinski definition) is 1. The molecule has 0 atom stereocenters. The minimum Gasteiger partial charge on any atom is -0.369 e. The van der Waals surface area contributed by atoms with Crippen molar-refractivity contribution in [3.05, 3.63) is 53.9 Å². The third-order valence-electron chi connectivity index (χ3n) is 4.69. The van der Waals surface area contributed by atoms with Crippen LogP contribution in [0, 0.1) is 6.92 Å². The molecule has 5 heteroatoms. The van der Waals surface area contributed by atoms with Crippen molar-refractivity contribution in [2.45, 2.75) is 19.8 Å². The molecule has 0 spiro atoms. The molecule has 1 saturated heterocycles. The summed E-state index contributed by atoms with van der Waals surface area (Å²) in [4.78, 5) is 21.0. The Hall–Kier alpha value is -2.40. The van der Waals surface area contributed by atoms with E-state index in [0.29, 0.717) is 12.8 Å². The Bertz CT molecular complexity index is 709. The summed E-state index contributed by atoms with van der Waals surface area (Å²) >= 11 is 0. The predicted octanol–water partition coefficient (Wildman–Crippen LogP) is 2.71. The van der Waals surface area contributed by atoms with E-state index >= 15 is 0 Å². The smallest absolute Gasteiger partial charge is 0.224 e.